The number of likely N-dealkylation sites (N-methyl/N-ethyl adjacent to an activating group) is 1. The molecule has 78 valence electrons. The zero-order valence-corrected chi connectivity index (χ0v) is 8.45. The Bertz CT molecular complexity index is 257. The third-order valence-electron chi connectivity index (χ3n) is 1.78. The highest BCUT2D eigenvalue weighted by molar-refractivity contribution is 5.82. The fourth-order valence-electron chi connectivity index (χ4n) is 1.14. The van der Waals surface area contributed by atoms with Crippen molar-refractivity contribution in [2.24, 2.45) is 0 Å². The molecular weight excluding hydrogens is 184 g/mol. The highest BCUT2D eigenvalue weighted by Crippen LogP contribution is 2.20. The molecule has 1 rings (SSSR count). The first-order chi connectivity index (χ1) is 6.50. The van der Waals surface area contributed by atoms with E-state index in [-0.39, 0.29) is 12.5 Å². The van der Waals surface area contributed by atoms with Gasteiger partial charge in [-0.15, -0.1) is 5.06 Å². The monoisotopic (exact) mass is 198 g/mol. The molecule has 1 aliphatic rings. The molecule has 0 aromatic rings. The average Bonchev–Trinajstić information content (AvgIpc) is 2.34. The third-order valence-corrected chi connectivity index (χ3v) is 1.78. The Kier molecular flexibility index (Phi) is 3.24. The van der Waals surface area contributed by atoms with Crippen LogP contribution in [0.4, 0.5) is 0 Å². The standard InChI is InChI=1S/C9H14N2O3/c1-7-4-5-8(12)11(7)14-9(13)6-10(2)3/h1,4-6H2,2-3H3. The van der Waals surface area contributed by atoms with E-state index < -0.39 is 5.97 Å². The summed E-state index contributed by atoms with van der Waals surface area (Å²) in [5.74, 6) is -0.659. The van der Waals surface area contributed by atoms with Crippen molar-refractivity contribution in [2.75, 3.05) is 20.6 Å². The minimum Gasteiger partial charge on any atom is -0.332 e. The lowest BCUT2D eigenvalue weighted by atomic mass is 10.3. The van der Waals surface area contributed by atoms with Crippen LogP contribution in [-0.4, -0.2) is 42.5 Å². The summed E-state index contributed by atoms with van der Waals surface area (Å²) in [6.07, 6.45) is 0.933. The highest BCUT2D eigenvalue weighted by Gasteiger charge is 2.28. The van der Waals surface area contributed by atoms with Crippen LogP contribution in [-0.2, 0) is 14.4 Å². The summed E-state index contributed by atoms with van der Waals surface area (Å²) in [6, 6.07) is 0. The van der Waals surface area contributed by atoms with Crippen molar-refractivity contribution in [3.63, 3.8) is 0 Å². The van der Waals surface area contributed by atoms with Gasteiger partial charge in [-0.1, -0.05) is 6.58 Å². The van der Waals surface area contributed by atoms with Crippen molar-refractivity contribution in [1.29, 1.82) is 0 Å². The van der Waals surface area contributed by atoms with Crippen LogP contribution >= 0.6 is 0 Å². The lowest BCUT2D eigenvalue weighted by Gasteiger charge is -2.17. The van der Waals surface area contributed by atoms with Gasteiger partial charge in [0.1, 0.15) is 0 Å². The molecule has 0 radical (unpaired) electrons. The Morgan fingerprint density at radius 1 is 1.57 bits per heavy atom. The van der Waals surface area contributed by atoms with Gasteiger partial charge in [0.15, 0.2) is 0 Å². The predicted octanol–water partition coefficient (Wildman–Crippen LogP) is 0.142. The molecule has 1 heterocycles. The molecule has 1 aliphatic heterocycles. The van der Waals surface area contributed by atoms with Crippen LogP contribution in [0.15, 0.2) is 12.3 Å². The molecule has 0 spiro atoms. The second-order valence-electron chi connectivity index (χ2n) is 3.46. The van der Waals surface area contributed by atoms with Gasteiger partial charge < -0.3 is 4.84 Å². The molecule has 0 atom stereocenters. The summed E-state index contributed by atoms with van der Waals surface area (Å²) >= 11 is 0. The Balaban J connectivity index is 2.47. The minimum absolute atomic E-state index is 0.150. The van der Waals surface area contributed by atoms with Crippen LogP contribution in [0.25, 0.3) is 0 Å². The predicted molar refractivity (Wildman–Crippen MR) is 49.9 cm³/mol. The zero-order chi connectivity index (χ0) is 10.7. The summed E-state index contributed by atoms with van der Waals surface area (Å²) in [5, 5.41) is 0.992. The Morgan fingerprint density at radius 3 is 2.64 bits per heavy atom. The topological polar surface area (TPSA) is 49.9 Å². The third kappa shape index (κ3) is 2.56. The number of hydrogen-bond donors (Lipinski definition) is 0. The lowest BCUT2D eigenvalue weighted by molar-refractivity contribution is -0.187. The van der Waals surface area contributed by atoms with E-state index in [0.29, 0.717) is 18.5 Å². The molecule has 5 heteroatoms. The van der Waals surface area contributed by atoms with Crippen LogP contribution in [0.1, 0.15) is 12.8 Å². The van der Waals surface area contributed by atoms with E-state index in [1.165, 1.54) is 0 Å². The molecule has 0 aliphatic carbocycles. The largest absolute Gasteiger partial charge is 0.346 e. The highest BCUT2D eigenvalue weighted by atomic mass is 16.7. The number of allylic oxidation sites excluding steroid dienone is 1. The molecule has 5 nitrogen and oxygen atoms in total. The molecule has 1 amide bonds. The summed E-state index contributed by atoms with van der Waals surface area (Å²) in [5.41, 5.74) is 0.544. The summed E-state index contributed by atoms with van der Waals surface area (Å²) in [7, 11) is 3.50. The number of hydroxylamine groups is 2. The summed E-state index contributed by atoms with van der Waals surface area (Å²) < 4.78 is 0. The fraction of sp³-hybridized carbons (Fsp3) is 0.556. The van der Waals surface area contributed by atoms with E-state index >= 15 is 0 Å². The van der Waals surface area contributed by atoms with Crippen LogP contribution in [0, 0.1) is 0 Å². The van der Waals surface area contributed by atoms with Crippen molar-refractivity contribution < 1.29 is 14.4 Å². The summed E-state index contributed by atoms with van der Waals surface area (Å²) in [4.78, 5) is 28.9. The average molecular weight is 198 g/mol. The Hall–Kier alpha value is -1.36. The molecule has 1 saturated heterocycles. The molecule has 0 saturated carbocycles. The molecule has 1 fully saturated rings. The summed E-state index contributed by atoms with van der Waals surface area (Å²) in [6.45, 7) is 3.78. The van der Waals surface area contributed by atoms with Crippen LogP contribution in [0.2, 0.25) is 0 Å². The fourth-order valence-corrected chi connectivity index (χ4v) is 1.14. The van der Waals surface area contributed by atoms with E-state index in [1.807, 2.05) is 0 Å². The maximum atomic E-state index is 11.2. The van der Waals surface area contributed by atoms with Crippen molar-refractivity contribution in [3.8, 4) is 0 Å². The number of rotatable bonds is 3. The lowest BCUT2D eigenvalue weighted by Crippen LogP contribution is -2.32. The first-order valence-electron chi connectivity index (χ1n) is 4.37. The second kappa shape index (κ2) is 4.23. The quantitative estimate of drug-likeness (QED) is 0.647. The van der Waals surface area contributed by atoms with Gasteiger partial charge in [0.05, 0.1) is 12.2 Å². The van der Waals surface area contributed by atoms with Gasteiger partial charge in [0.2, 0.25) is 0 Å². The SMILES string of the molecule is C=C1CCC(=O)N1OC(=O)CN(C)C. The normalized spacial score (nSPS) is 16.6. The van der Waals surface area contributed by atoms with Crippen molar-refractivity contribution in [3.05, 3.63) is 12.3 Å². The van der Waals surface area contributed by atoms with Gasteiger partial charge >= 0.3 is 5.97 Å². The number of hydrogen-bond acceptors (Lipinski definition) is 4. The van der Waals surface area contributed by atoms with Gasteiger partial charge in [-0.05, 0) is 20.5 Å². The first kappa shape index (κ1) is 10.7. The smallest absolute Gasteiger partial charge is 0.332 e. The molecule has 0 aromatic heterocycles. The van der Waals surface area contributed by atoms with Crippen LogP contribution in [0.5, 0.6) is 0 Å². The molecule has 14 heavy (non-hydrogen) atoms. The van der Waals surface area contributed by atoms with Gasteiger partial charge in [0.25, 0.3) is 5.91 Å². The maximum Gasteiger partial charge on any atom is 0.346 e. The van der Waals surface area contributed by atoms with Crippen LogP contribution < -0.4 is 0 Å². The van der Waals surface area contributed by atoms with Crippen LogP contribution in [0.3, 0.4) is 0 Å². The van der Waals surface area contributed by atoms with Gasteiger partial charge in [0, 0.05) is 6.42 Å². The molecule has 0 aromatic carbocycles. The number of amides is 1. The van der Waals surface area contributed by atoms with Gasteiger partial charge in [-0.3, -0.25) is 9.69 Å². The van der Waals surface area contributed by atoms with E-state index in [1.54, 1.807) is 19.0 Å². The second-order valence-corrected chi connectivity index (χ2v) is 3.46. The van der Waals surface area contributed by atoms with Gasteiger partial charge in [-0.25, -0.2) is 4.79 Å². The number of carbonyl (C=O) groups is 2. The van der Waals surface area contributed by atoms with Crippen molar-refractivity contribution in [1.82, 2.24) is 9.96 Å². The zero-order valence-electron chi connectivity index (χ0n) is 8.45. The molecule has 0 N–H and O–H groups in total. The van der Waals surface area contributed by atoms with E-state index in [0.717, 1.165) is 5.06 Å². The Labute approximate surface area is 82.9 Å². The molecule has 0 bridgehead atoms. The Morgan fingerprint density at radius 2 is 2.21 bits per heavy atom. The molecular formula is C9H14N2O3. The van der Waals surface area contributed by atoms with Crippen molar-refractivity contribution >= 4 is 11.9 Å². The maximum absolute atomic E-state index is 11.2. The van der Waals surface area contributed by atoms with Gasteiger partial charge in [-0.2, -0.15) is 0 Å². The molecule has 0 unspecified atom stereocenters. The van der Waals surface area contributed by atoms with E-state index in [4.69, 9.17) is 4.84 Å². The van der Waals surface area contributed by atoms with Crippen molar-refractivity contribution in [2.45, 2.75) is 12.8 Å². The van der Waals surface area contributed by atoms with E-state index in [2.05, 4.69) is 6.58 Å². The number of carbonyl (C=O) groups excluding carboxylic acids is 2. The number of nitrogens with zero attached hydrogens (tertiary/aromatic N) is 2. The minimum atomic E-state index is -0.452. The first-order valence-corrected chi connectivity index (χ1v) is 4.37. The van der Waals surface area contributed by atoms with E-state index in [9.17, 15) is 9.59 Å².